The molecule has 0 aromatic heterocycles. The van der Waals surface area contributed by atoms with Crippen LogP contribution in [-0.2, 0) is 0 Å². The minimum Gasteiger partial charge on any atom is -0.392 e. The molecule has 0 unspecified atom stereocenters. The summed E-state index contributed by atoms with van der Waals surface area (Å²) in [6, 6.07) is 0. The second-order valence-corrected chi connectivity index (χ2v) is 2.76. The summed E-state index contributed by atoms with van der Waals surface area (Å²) in [6.45, 7) is 2.19. The second kappa shape index (κ2) is 7.10. The molecule has 0 spiro atoms. The maximum atomic E-state index is 8.49. The largest absolute Gasteiger partial charge is 0.392 e. The molecule has 0 radical (unpaired) electrons. The molecule has 0 aromatic carbocycles. The molecule has 0 aliphatic heterocycles. The minimum absolute atomic E-state index is 0.159. The van der Waals surface area contributed by atoms with Crippen molar-refractivity contribution in [1.29, 1.82) is 0 Å². The van der Waals surface area contributed by atoms with Crippen LogP contribution in [0.4, 0.5) is 0 Å². The third-order valence-electron chi connectivity index (χ3n) is 1.39. The number of aliphatic hydroxyl groups is 1. The van der Waals surface area contributed by atoms with E-state index in [0.717, 1.165) is 25.1 Å². The lowest BCUT2D eigenvalue weighted by atomic mass is 10.1. The van der Waals surface area contributed by atoms with Gasteiger partial charge >= 0.3 is 0 Å². The third-order valence-corrected chi connectivity index (χ3v) is 1.66. The molecule has 0 aliphatic carbocycles. The number of halogens is 1. The van der Waals surface area contributed by atoms with Crippen LogP contribution in [0.15, 0.2) is 11.6 Å². The molecule has 10 heavy (non-hydrogen) atoms. The van der Waals surface area contributed by atoms with Gasteiger partial charge in [0.1, 0.15) is 0 Å². The van der Waals surface area contributed by atoms with E-state index in [2.05, 4.69) is 0 Å². The molecule has 0 rings (SSSR count). The predicted octanol–water partition coefficient (Wildman–Crippen LogP) is 2.33. The molecule has 0 saturated carbocycles. The lowest BCUT2D eigenvalue weighted by Crippen LogP contribution is -1.82. The van der Waals surface area contributed by atoms with Crippen molar-refractivity contribution in [1.82, 2.24) is 0 Å². The van der Waals surface area contributed by atoms with E-state index < -0.39 is 0 Å². The van der Waals surface area contributed by atoms with Crippen LogP contribution < -0.4 is 0 Å². The lowest BCUT2D eigenvalue weighted by Gasteiger charge is -1.97. The monoisotopic (exact) mass is 162 g/mol. The van der Waals surface area contributed by atoms with Crippen molar-refractivity contribution in [3.63, 3.8) is 0 Å². The van der Waals surface area contributed by atoms with Gasteiger partial charge in [0.25, 0.3) is 0 Å². The standard InChI is InChI=1S/C8H15ClO/c1-8(5-7-10)4-2-3-6-9/h5,10H,2-4,6-7H2,1H3/b8-5+. The molecular formula is C8H15ClO. The van der Waals surface area contributed by atoms with Crippen molar-refractivity contribution >= 4 is 11.6 Å². The van der Waals surface area contributed by atoms with Crippen molar-refractivity contribution in [3.05, 3.63) is 11.6 Å². The summed E-state index contributed by atoms with van der Waals surface area (Å²) in [6.07, 6.45) is 5.10. The summed E-state index contributed by atoms with van der Waals surface area (Å²) in [7, 11) is 0. The Bertz CT molecular complexity index is 99.4. The number of hydrogen-bond acceptors (Lipinski definition) is 1. The fourth-order valence-corrected chi connectivity index (χ4v) is 0.945. The van der Waals surface area contributed by atoms with E-state index in [0.29, 0.717) is 0 Å². The summed E-state index contributed by atoms with van der Waals surface area (Å²) in [5.41, 5.74) is 1.26. The van der Waals surface area contributed by atoms with Gasteiger partial charge in [-0.05, 0) is 26.2 Å². The zero-order valence-electron chi connectivity index (χ0n) is 6.44. The molecule has 0 fully saturated rings. The van der Waals surface area contributed by atoms with E-state index in [1.807, 2.05) is 13.0 Å². The van der Waals surface area contributed by atoms with Crippen LogP contribution in [0.2, 0.25) is 0 Å². The van der Waals surface area contributed by atoms with Gasteiger partial charge in [-0.2, -0.15) is 0 Å². The Hall–Kier alpha value is -0.0100. The van der Waals surface area contributed by atoms with Crippen LogP contribution in [0.1, 0.15) is 26.2 Å². The average molecular weight is 163 g/mol. The maximum Gasteiger partial charge on any atom is 0.0614 e. The SMILES string of the molecule is C/C(=C\CO)CCCCCl. The number of hydrogen-bond donors (Lipinski definition) is 1. The maximum absolute atomic E-state index is 8.49. The van der Waals surface area contributed by atoms with E-state index in [1.54, 1.807) is 0 Å². The first-order valence-corrected chi connectivity index (χ1v) is 4.17. The fraction of sp³-hybridized carbons (Fsp3) is 0.750. The Morgan fingerprint density at radius 2 is 2.20 bits per heavy atom. The Morgan fingerprint density at radius 1 is 1.50 bits per heavy atom. The molecule has 0 atom stereocenters. The number of rotatable bonds is 5. The first kappa shape index (κ1) is 9.99. The summed E-state index contributed by atoms with van der Waals surface area (Å²) in [5, 5.41) is 8.49. The van der Waals surface area contributed by atoms with Gasteiger partial charge in [0.15, 0.2) is 0 Å². The van der Waals surface area contributed by atoms with Crippen LogP contribution >= 0.6 is 11.6 Å². The second-order valence-electron chi connectivity index (χ2n) is 2.38. The molecule has 0 amide bonds. The third kappa shape index (κ3) is 6.12. The summed E-state index contributed by atoms with van der Waals surface area (Å²) < 4.78 is 0. The van der Waals surface area contributed by atoms with Gasteiger partial charge in [0, 0.05) is 5.88 Å². The van der Waals surface area contributed by atoms with E-state index >= 15 is 0 Å². The minimum atomic E-state index is 0.159. The van der Waals surface area contributed by atoms with Crippen LogP contribution in [0.5, 0.6) is 0 Å². The smallest absolute Gasteiger partial charge is 0.0614 e. The van der Waals surface area contributed by atoms with Gasteiger partial charge in [-0.15, -0.1) is 11.6 Å². The lowest BCUT2D eigenvalue weighted by molar-refractivity contribution is 0.341. The summed E-state index contributed by atoms with van der Waals surface area (Å²) in [4.78, 5) is 0. The molecule has 0 aliphatic rings. The molecule has 1 nitrogen and oxygen atoms in total. The highest BCUT2D eigenvalue weighted by molar-refractivity contribution is 6.17. The molecule has 0 bridgehead atoms. The van der Waals surface area contributed by atoms with Crippen LogP contribution in [0.25, 0.3) is 0 Å². The number of unbranched alkanes of at least 4 members (excludes halogenated alkanes) is 1. The van der Waals surface area contributed by atoms with E-state index in [9.17, 15) is 0 Å². The highest BCUT2D eigenvalue weighted by atomic mass is 35.5. The first-order chi connectivity index (χ1) is 4.81. The normalized spacial score (nSPS) is 12.1. The molecule has 60 valence electrons. The molecule has 1 N–H and O–H groups in total. The van der Waals surface area contributed by atoms with Crippen molar-refractivity contribution in [2.45, 2.75) is 26.2 Å². The van der Waals surface area contributed by atoms with Gasteiger partial charge in [-0.3, -0.25) is 0 Å². The number of allylic oxidation sites excluding steroid dienone is 1. The zero-order chi connectivity index (χ0) is 7.82. The molecule has 0 saturated heterocycles. The van der Waals surface area contributed by atoms with Crippen molar-refractivity contribution in [3.8, 4) is 0 Å². The Morgan fingerprint density at radius 3 is 2.70 bits per heavy atom. The molecular weight excluding hydrogens is 148 g/mol. The zero-order valence-corrected chi connectivity index (χ0v) is 7.19. The van der Waals surface area contributed by atoms with Crippen molar-refractivity contribution < 1.29 is 5.11 Å². The molecule has 2 heteroatoms. The topological polar surface area (TPSA) is 20.2 Å². The fourth-order valence-electron chi connectivity index (χ4n) is 0.756. The van der Waals surface area contributed by atoms with Gasteiger partial charge in [-0.25, -0.2) is 0 Å². The summed E-state index contributed by atoms with van der Waals surface area (Å²) >= 11 is 5.49. The highest BCUT2D eigenvalue weighted by Crippen LogP contribution is 2.06. The van der Waals surface area contributed by atoms with Gasteiger partial charge in [0.05, 0.1) is 6.61 Å². The number of alkyl halides is 1. The molecule has 0 heterocycles. The van der Waals surface area contributed by atoms with Crippen molar-refractivity contribution in [2.24, 2.45) is 0 Å². The van der Waals surface area contributed by atoms with Gasteiger partial charge in [-0.1, -0.05) is 11.6 Å². The number of aliphatic hydroxyl groups excluding tert-OH is 1. The Labute approximate surface area is 67.7 Å². The van der Waals surface area contributed by atoms with E-state index in [-0.39, 0.29) is 6.61 Å². The average Bonchev–Trinajstić information content (AvgIpc) is 1.89. The van der Waals surface area contributed by atoms with Crippen molar-refractivity contribution in [2.75, 3.05) is 12.5 Å². The van der Waals surface area contributed by atoms with Gasteiger partial charge in [0.2, 0.25) is 0 Å². The Kier molecular flexibility index (Phi) is 7.09. The molecule has 0 aromatic rings. The quantitative estimate of drug-likeness (QED) is 0.374. The van der Waals surface area contributed by atoms with Crippen LogP contribution in [-0.4, -0.2) is 17.6 Å². The Balaban J connectivity index is 3.21. The van der Waals surface area contributed by atoms with E-state index in [4.69, 9.17) is 16.7 Å². The first-order valence-electron chi connectivity index (χ1n) is 3.63. The highest BCUT2D eigenvalue weighted by Gasteiger charge is 1.88. The predicted molar refractivity (Wildman–Crippen MR) is 45.4 cm³/mol. The van der Waals surface area contributed by atoms with Crippen LogP contribution in [0, 0.1) is 0 Å². The van der Waals surface area contributed by atoms with Crippen LogP contribution in [0.3, 0.4) is 0 Å². The van der Waals surface area contributed by atoms with E-state index in [1.165, 1.54) is 5.57 Å². The summed E-state index contributed by atoms with van der Waals surface area (Å²) in [5.74, 6) is 0.742. The van der Waals surface area contributed by atoms with Gasteiger partial charge < -0.3 is 5.11 Å².